The third-order valence-corrected chi connectivity index (χ3v) is 8.12. The first kappa shape index (κ1) is 25.6. The molecule has 3 nitrogen and oxygen atoms in total. The SMILES string of the molecule is C=C/C(=C\N=C)c1c2ccccc2c(-c2ccc(C3=C(c4ccccc4)NC4=CCCC=C4N3)cc2)c2ccccc12. The highest BCUT2D eigenvalue weighted by Gasteiger charge is 2.23. The zero-order chi connectivity index (χ0) is 28.5. The minimum absolute atomic E-state index is 0.959. The van der Waals surface area contributed by atoms with E-state index in [2.05, 4.69) is 144 Å². The minimum Gasteiger partial charge on any atom is -0.352 e. The van der Waals surface area contributed by atoms with Crippen molar-refractivity contribution in [3.05, 3.63) is 162 Å². The van der Waals surface area contributed by atoms with Crippen LogP contribution in [-0.4, -0.2) is 6.72 Å². The molecular formula is C39H31N3. The molecule has 3 heteroatoms. The predicted octanol–water partition coefficient (Wildman–Crippen LogP) is 9.47. The molecule has 0 amide bonds. The van der Waals surface area contributed by atoms with E-state index >= 15 is 0 Å². The first-order valence-corrected chi connectivity index (χ1v) is 14.3. The summed E-state index contributed by atoms with van der Waals surface area (Å²) in [4.78, 5) is 4.08. The minimum atomic E-state index is 0.959. The van der Waals surface area contributed by atoms with Gasteiger partial charge in [-0.15, -0.1) is 0 Å². The highest BCUT2D eigenvalue weighted by atomic mass is 15.1. The third-order valence-electron chi connectivity index (χ3n) is 8.12. The van der Waals surface area contributed by atoms with E-state index in [4.69, 9.17) is 0 Å². The summed E-state index contributed by atoms with van der Waals surface area (Å²) in [6, 6.07) is 36.7. The number of fused-ring (bicyclic) bond motifs is 3. The van der Waals surface area contributed by atoms with Crippen molar-refractivity contribution in [3.63, 3.8) is 0 Å². The standard InChI is InChI=1S/C39H31N3/c1-3-26(25-40-2)36-30-15-7-9-17-32(30)37(33-18-10-8-16-31(33)36)27-21-23-29(24-22-27)39-38(28-13-5-4-6-14-28)41-34-19-11-12-20-35(34)42-39/h3-10,13-25,41-42H,1-2,11-12H2/b26-25+. The smallest absolute Gasteiger partial charge is 0.0703 e. The Kier molecular flexibility index (Phi) is 6.61. The molecule has 0 aromatic heterocycles. The van der Waals surface area contributed by atoms with Crippen molar-refractivity contribution < 1.29 is 0 Å². The lowest BCUT2D eigenvalue weighted by atomic mass is 9.85. The maximum absolute atomic E-state index is 4.08. The van der Waals surface area contributed by atoms with E-state index in [0.717, 1.165) is 57.9 Å². The lowest BCUT2D eigenvalue weighted by molar-refractivity contribution is 0.872. The zero-order valence-corrected chi connectivity index (χ0v) is 23.4. The van der Waals surface area contributed by atoms with E-state index in [0.29, 0.717) is 0 Å². The Morgan fingerprint density at radius 2 is 1.07 bits per heavy atom. The molecule has 0 saturated heterocycles. The van der Waals surface area contributed by atoms with E-state index in [1.165, 1.54) is 32.7 Å². The van der Waals surface area contributed by atoms with Crippen molar-refractivity contribution >= 4 is 45.2 Å². The van der Waals surface area contributed by atoms with Crippen molar-refractivity contribution in [2.75, 3.05) is 0 Å². The van der Waals surface area contributed by atoms with Gasteiger partial charge in [-0.05, 0) is 57.8 Å². The van der Waals surface area contributed by atoms with Crippen molar-refractivity contribution in [2.24, 2.45) is 4.99 Å². The predicted molar refractivity (Wildman–Crippen MR) is 180 cm³/mol. The Bertz CT molecular complexity index is 1930. The Balaban J connectivity index is 1.42. The van der Waals surface area contributed by atoms with Crippen LogP contribution in [0.4, 0.5) is 0 Å². The molecule has 202 valence electrons. The molecule has 0 saturated carbocycles. The molecule has 0 bridgehead atoms. The molecule has 1 heterocycles. The van der Waals surface area contributed by atoms with Crippen LogP contribution >= 0.6 is 0 Å². The number of benzene rings is 5. The maximum Gasteiger partial charge on any atom is 0.0703 e. The van der Waals surface area contributed by atoms with E-state index in [1.54, 1.807) is 6.20 Å². The average molecular weight is 542 g/mol. The maximum atomic E-state index is 4.08. The largest absolute Gasteiger partial charge is 0.352 e. The number of hydrogen-bond acceptors (Lipinski definition) is 3. The molecule has 7 rings (SSSR count). The summed E-state index contributed by atoms with van der Waals surface area (Å²) >= 11 is 0. The molecule has 1 aliphatic carbocycles. The van der Waals surface area contributed by atoms with E-state index in [9.17, 15) is 0 Å². The molecule has 2 N–H and O–H groups in total. The third kappa shape index (κ3) is 4.36. The fraction of sp³-hybridized carbons (Fsp3) is 0.0513. The Labute approximate surface area is 246 Å². The summed E-state index contributed by atoms with van der Waals surface area (Å²) in [5, 5.41) is 12.2. The monoisotopic (exact) mass is 541 g/mol. The molecular weight excluding hydrogens is 510 g/mol. The van der Waals surface area contributed by atoms with Gasteiger partial charge in [0, 0.05) is 22.9 Å². The number of allylic oxidation sites excluding steroid dienone is 4. The lowest BCUT2D eigenvalue weighted by Gasteiger charge is -2.30. The second-order valence-electron chi connectivity index (χ2n) is 10.6. The second-order valence-corrected chi connectivity index (χ2v) is 10.6. The van der Waals surface area contributed by atoms with Gasteiger partial charge in [0.15, 0.2) is 0 Å². The van der Waals surface area contributed by atoms with Crippen molar-refractivity contribution in [1.29, 1.82) is 0 Å². The number of nitrogens with zero attached hydrogens (tertiary/aromatic N) is 1. The van der Waals surface area contributed by atoms with Gasteiger partial charge in [-0.1, -0.05) is 128 Å². The van der Waals surface area contributed by atoms with Gasteiger partial charge < -0.3 is 10.6 Å². The Hall–Kier alpha value is -5.41. The van der Waals surface area contributed by atoms with Crippen LogP contribution in [0.25, 0.3) is 49.6 Å². The number of aliphatic imine (C=N–C) groups is 1. The van der Waals surface area contributed by atoms with Gasteiger partial charge in [-0.2, -0.15) is 0 Å². The molecule has 5 aromatic carbocycles. The molecule has 0 radical (unpaired) electrons. The van der Waals surface area contributed by atoms with Crippen molar-refractivity contribution in [3.8, 4) is 11.1 Å². The van der Waals surface area contributed by atoms with Crippen molar-refractivity contribution in [2.45, 2.75) is 12.8 Å². The van der Waals surface area contributed by atoms with Crippen LogP contribution in [-0.2, 0) is 0 Å². The van der Waals surface area contributed by atoms with E-state index in [1.807, 2.05) is 6.08 Å². The molecule has 1 aliphatic heterocycles. The van der Waals surface area contributed by atoms with Crippen LogP contribution in [0.1, 0.15) is 29.5 Å². The molecule has 5 aromatic rings. The number of hydrogen-bond donors (Lipinski definition) is 2. The fourth-order valence-corrected chi connectivity index (χ4v) is 6.22. The van der Waals surface area contributed by atoms with Gasteiger partial charge in [0.25, 0.3) is 0 Å². The lowest BCUT2D eigenvalue weighted by Crippen LogP contribution is -2.31. The summed E-state index contributed by atoms with van der Waals surface area (Å²) in [5.41, 5.74) is 11.2. The topological polar surface area (TPSA) is 36.4 Å². The normalized spacial score (nSPS) is 14.9. The van der Waals surface area contributed by atoms with Crippen LogP contribution in [0.5, 0.6) is 0 Å². The van der Waals surface area contributed by atoms with E-state index < -0.39 is 0 Å². The summed E-state index contributed by atoms with van der Waals surface area (Å²) in [7, 11) is 0. The fourth-order valence-electron chi connectivity index (χ4n) is 6.22. The second kappa shape index (κ2) is 10.9. The molecule has 0 spiro atoms. The first-order chi connectivity index (χ1) is 20.8. The van der Waals surface area contributed by atoms with Crippen molar-refractivity contribution in [1.82, 2.24) is 10.6 Å². The van der Waals surface area contributed by atoms with Gasteiger partial charge in [0.2, 0.25) is 0 Å². The Morgan fingerprint density at radius 1 is 0.595 bits per heavy atom. The van der Waals surface area contributed by atoms with Crippen LogP contribution < -0.4 is 10.6 Å². The van der Waals surface area contributed by atoms with Crippen LogP contribution in [0, 0.1) is 0 Å². The quantitative estimate of drug-likeness (QED) is 0.128. The summed E-state index contributed by atoms with van der Waals surface area (Å²) < 4.78 is 0. The first-order valence-electron chi connectivity index (χ1n) is 14.3. The molecule has 2 aliphatic rings. The van der Waals surface area contributed by atoms with Gasteiger partial charge in [0.05, 0.1) is 22.8 Å². The van der Waals surface area contributed by atoms with Crippen LogP contribution in [0.15, 0.2) is 151 Å². The zero-order valence-electron chi connectivity index (χ0n) is 23.4. The van der Waals surface area contributed by atoms with Gasteiger partial charge in [-0.25, -0.2) is 0 Å². The summed E-state index contributed by atoms with van der Waals surface area (Å²) in [5.74, 6) is 0. The molecule has 42 heavy (non-hydrogen) atoms. The molecule has 0 fully saturated rings. The van der Waals surface area contributed by atoms with E-state index in [-0.39, 0.29) is 0 Å². The molecule has 0 atom stereocenters. The van der Waals surface area contributed by atoms with Crippen LogP contribution in [0.3, 0.4) is 0 Å². The van der Waals surface area contributed by atoms with Gasteiger partial charge in [0.1, 0.15) is 0 Å². The van der Waals surface area contributed by atoms with Crippen LogP contribution in [0.2, 0.25) is 0 Å². The highest BCUT2D eigenvalue weighted by molar-refractivity contribution is 6.19. The Morgan fingerprint density at radius 3 is 1.60 bits per heavy atom. The average Bonchev–Trinajstić information content (AvgIpc) is 3.06. The molecule has 0 unspecified atom stereocenters. The number of nitrogens with one attached hydrogen (secondary N) is 2. The summed E-state index contributed by atoms with van der Waals surface area (Å²) in [6.07, 6.45) is 10.3. The number of rotatable bonds is 6. The van der Waals surface area contributed by atoms with Gasteiger partial charge >= 0.3 is 0 Å². The highest BCUT2D eigenvalue weighted by Crippen LogP contribution is 2.42. The van der Waals surface area contributed by atoms with Gasteiger partial charge in [-0.3, -0.25) is 4.99 Å². The summed E-state index contributed by atoms with van der Waals surface area (Å²) in [6.45, 7) is 7.78.